The quantitative estimate of drug-likeness (QED) is 0.800. The third-order valence-corrected chi connectivity index (χ3v) is 2.54. The van der Waals surface area contributed by atoms with Crippen LogP contribution in [0, 0.1) is 11.6 Å². The smallest absolute Gasteiger partial charge is 0.171 e. The SMILES string of the molecule is Fc1cc(Br)cc(F)c1-n1nnnc1CCl. The van der Waals surface area contributed by atoms with Crippen LogP contribution in [0.25, 0.3) is 5.69 Å². The molecule has 0 amide bonds. The van der Waals surface area contributed by atoms with Crippen molar-refractivity contribution in [2.75, 3.05) is 0 Å². The predicted octanol–water partition coefficient (Wildman–Crippen LogP) is 2.44. The summed E-state index contributed by atoms with van der Waals surface area (Å²) in [5.74, 6) is -1.42. The molecule has 0 unspecified atom stereocenters. The lowest BCUT2D eigenvalue weighted by Crippen LogP contribution is -2.07. The van der Waals surface area contributed by atoms with Gasteiger partial charge in [-0.3, -0.25) is 0 Å². The summed E-state index contributed by atoms with van der Waals surface area (Å²) in [5.41, 5.74) is -0.344. The molecule has 0 saturated carbocycles. The second-order valence-corrected chi connectivity index (χ2v) is 4.04. The van der Waals surface area contributed by atoms with Crippen LogP contribution >= 0.6 is 27.5 Å². The number of benzene rings is 1. The highest BCUT2D eigenvalue weighted by Gasteiger charge is 2.17. The average Bonchev–Trinajstić information content (AvgIpc) is 2.64. The molecule has 2 rings (SSSR count). The van der Waals surface area contributed by atoms with E-state index in [-0.39, 0.29) is 17.4 Å². The van der Waals surface area contributed by atoms with E-state index in [1.807, 2.05) is 0 Å². The molecule has 16 heavy (non-hydrogen) atoms. The van der Waals surface area contributed by atoms with Gasteiger partial charge in [0.2, 0.25) is 0 Å². The second kappa shape index (κ2) is 4.42. The van der Waals surface area contributed by atoms with E-state index in [1.165, 1.54) is 0 Å². The van der Waals surface area contributed by atoms with Crippen LogP contribution in [0.1, 0.15) is 5.82 Å². The lowest BCUT2D eigenvalue weighted by atomic mass is 10.3. The van der Waals surface area contributed by atoms with Crippen molar-refractivity contribution in [2.45, 2.75) is 5.88 Å². The van der Waals surface area contributed by atoms with Crippen molar-refractivity contribution in [3.63, 3.8) is 0 Å². The van der Waals surface area contributed by atoms with E-state index in [4.69, 9.17) is 11.6 Å². The first-order chi connectivity index (χ1) is 7.63. The average molecular weight is 310 g/mol. The number of hydrogen-bond acceptors (Lipinski definition) is 3. The van der Waals surface area contributed by atoms with Crippen molar-refractivity contribution in [1.29, 1.82) is 0 Å². The van der Waals surface area contributed by atoms with Crippen molar-refractivity contribution in [3.05, 3.63) is 34.1 Å². The van der Waals surface area contributed by atoms with Crippen molar-refractivity contribution >= 4 is 27.5 Å². The molecule has 0 aliphatic heterocycles. The van der Waals surface area contributed by atoms with Gasteiger partial charge in [-0.1, -0.05) is 15.9 Å². The summed E-state index contributed by atoms with van der Waals surface area (Å²) in [5, 5.41) is 10.3. The van der Waals surface area contributed by atoms with E-state index in [9.17, 15) is 8.78 Å². The zero-order valence-corrected chi connectivity index (χ0v) is 10.0. The molecule has 0 saturated heterocycles. The first-order valence-corrected chi connectivity index (χ1v) is 5.44. The van der Waals surface area contributed by atoms with Gasteiger partial charge in [0.1, 0.15) is 5.69 Å². The number of alkyl halides is 1. The van der Waals surface area contributed by atoms with E-state index in [0.29, 0.717) is 4.47 Å². The van der Waals surface area contributed by atoms with Gasteiger partial charge >= 0.3 is 0 Å². The molecule has 1 heterocycles. The number of aromatic nitrogens is 4. The maximum absolute atomic E-state index is 13.6. The zero-order valence-electron chi connectivity index (χ0n) is 7.66. The minimum absolute atomic E-state index is 0.0397. The van der Waals surface area contributed by atoms with Crippen LogP contribution in [-0.2, 0) is 5.88 Å². The third kappa shape index (κ3) is 1.92. The number of halogens is 4. The summed E-state index contributed by atoms with van der Waals surface area (Å²) >= 11 is 8.52. The van der Waals surface area contributed by atoms with Crippen LogP contribution in [0.4, 0.5) is 8.78 Å². The monoisotopic (exact) mass is 308 g/mol. The molecule has 2 aromatic rings. The molecule has 0 radical (unpaired) electrons. The summed E-state index contributed by atoms with van der Waals surface area (Å²) in [4.78, 5) is 0. The Balaban J connectivity index is 2.64. The fraction of sp³-hybridized carbons (Fsp3) is 0.125. The molecule has 0 aliphatic carbocycles. The summed E-state index contributed by atoms with van der Waals surface area (Å²) in [6, 6.07) is 2.25. The highest BCUT2D eigenvalue weighted by atomic mass is 79.9. The molecular weight excluding hydrogens is 305 g/mol. The molecule has 4 nitrogen and oxygen atoms in total. The van der Waals surface area contributed by atoms with Crippen LogP contribution in [0.2, 0.25) is 0 Å². The third-order valence-electron chi connectivity index (χ3n) is 1.85. The van der Waals surface area contributed by atoms with Crippen LogP contribution in [-0.4, -0.2) is 20.2 Å². The molecule has 1 aromatic heterocycles. The first kappa shape index (κ1) is 11.4. The van der Waals surface area contributed by atoms with Crippen molar-refractivity contribution in [2.24, 2.45) is 0 Å². The molecule has 1 aromatic carbocycles. The Kier molecular flexibility index (Phi) is 3.15. The zero-order chi connectivity index (χ0) is 11.7. The summed E-state index contributed by atoms with van der Waals surface area (Å²) in [6.07, 6.45) is 0. The van der Waals surface area contributed by atoms with Crippen molar-refractivity contribution in [1.82, 2.24) is 20.2 Å². The van der Waals surface area contributed by atoms with Crippen LogP contribution < -0.4 is 0 Å². The Hall–Kier alpha value is -1.08. The fourth-order valence-corrected chi connectivity index (χ4v) is 1.77. The largest absolute Gasteiger partial charge is 0.204 e. The van der Waals surface area contributed by atoms with Gasteiger partial charge in [-0.05, 0) is 22.6 Å². The lowest BCUT2D eigenvalue weighted by Gasteiger charge is -2.05. The standard InChI is InChI=1S/C8H4BrClF2N4/c9-4-1-5(11)8(6(12)2-4)16-7(3-10)13-14-15-16/h1-2H,3H2. The minimum Gasteiger partial charge on any atom is -0.204 e. The van der Waals surface area contributed by atoms with Gasteiger partial charge in [-0.2, -0.15) is 4.68 Å². The van der Waals surface area contributed by atoms with Crippen LogP contribution in [0.5, 0.6) is 0 Å². The van der Waals surface area contributed by atoms with Crippen molar-refractivity contribution < 1.29 is 8.78 Å². The summed E-state index contributed by atoms with van der Waals surface area (Å²) < 4.78 is 28.4. The van der Waals surface area contributed by atoms with Gasteiger partial charge in [0.15, 0.2) is 17.5 Å². The highest BCUT2D eigenvalue weighted by Crippen LogP contribution is 2.22. The van der Waals surface area contributed by atoms with Crippen LogP contribution in [0.15, 0.2) is 16.6 Å². The van der Waals surface area contributed by atoms with Crippen molar-refractivity contribution in [3.8, 4) is 5.69 Å². The summed E-state index contributed by atoms with van der Waals surface area (Å²) in [6.45, 7) is 0. The van der Waals surface area contributed by atoms with E-state index in [2.05, 4.69) is 31.5 Å². The van der Waals surface area contributed by atoms with E-state index in [1.54, 1.807) is 0 Å². The fourth-order valence-electron chi connectivity index (χ4n) is 1.20. The molecule has 84 valence electrons. The first-order valence-electron chi connectivity index (χ1n) is 4.11. The molecule has 0 fully saturated rings. The normalized spacial score (nSPS) is 10.8. The molecule has 0 N–H and O–H groups in total. The minimum atomic E-state index is -0.773. The maximum Gasteiger partial charge on any atom is 0.171 e. The molecule has 0 spiro atoms. The number of rotatable bonds is 2. The Morgan fingerprint density at radius 1 is 1.31 bits per heavy atom. The Morgan fingerprint density at radius 3 is 2.50 bits per heavy atom. The van der Waals surface area contributed by atoms with Gasteiger partial charge in [0.05, 0.1) is 5.88 Å². The number of hydrogen-bond donors (Lipinski definition) is 0. The molecular formula is C8H4BrClF2N4. The Labute approximate surface area is 102 Å². The molecule has 8 heteroatoms. The second-order valence-electron chi connectivity index (χ2n) is 2.86. The van der Waals surface area contributed by atoms with Gasteiger partial charge in [-0.25, -0.2) is 8.78 Å². The maximum atomic E-state index is 13.6. The molecule has 0 atom stereocenters. The number of tetrazole rings is 1. The van der Waals surface area contributed by atoms with Crippen LogP contribution in [0.3, 0.4) is 0 Å². The molecule has 0 bridgehead atoms. The molecule has 0 aliphatic rings. The lowest BCUT2D eigenvalue weighted by molar-refractivity contribution is 0.552. The van der Waals surface area contributed by atoms with Gasteiger partial charge < -0.3 is 0 Å². The summed E-state index contributed by atoms with van der Waals surface area (Å²) in [7, 11) is 0. The van der Waals surface area contributed by atoms with E-state index in [0.717, 1.165) is 16.8 Å². The van der Waals surface area contributed by atoms with E-state index >= 15 is 0 Å². The highest BCUT2D eigenvalue weighted by molar-refractivity contribution is 9.10. The van der Waals surface area contributed by atoms with Gasteiger partial charge in [0.25, 0.3) is 0 Å². The van der Waals surface area contributed by atoms with E-state index < -0.39 is 11.6 Å². The predicted molar refractivity (Wildman–Crippen MR) is 56.3 cm³/mol. The van der Waals surface area contributed by atoms with Gasteiger partial charge in [-0.15, -0.1) is 16.7 Å². The Bertz CT molecular complexity index is 508. The number of nitrogens with zero attached hydrogens (tertiary/aromatic N) is 4. The Morgan fingerprint density at radius 2 is 1.94 bits per heavy atom. The topological polar surface area (TPSA) is 43.6 Å². The van der Waals surface area contributed by atoms with Gasteiger partial charge in [0, 0.05) is 4.47 Å².